The molecule has 2 N–H and O–H groups in total. The second-order valence-corrected chi connectivity index (χ2v) is 10.2. The molecule has 36 heavy (non-hydrogen) atoms. The number of amides is 1. The number of aromatic nitrogens is 2. The third kappa shape index (κ3) is 6.22. The van der Waals surface area contributed by atoms with Gasteiger partial charge >= 0.3 is 0 Å². The normalized spacial score (nSPS) is 22.2. The smallest absolute Gasteiger partial charge is 0.259 e. The quantitative estimate of drug-likeness (QED) is 0.598. The Morgan fingerprint density at radius 3 is 2.81 bits per heavy atom. The molecule has 1 amide bonds. The van der Waals surface area contributed by atoms with Crippen molar-refractivity contribution in [1.29, 1.82) is 0 Å². The van der Waals surface area contributed by atoms with Gasteiger partial charge in [-0.1, -0.05) is 24.8 Å². The minimum atomic E-state index is -0.971. The van der Waals surface area contributed by atoms with E-state index in [1.54, 1.807) is 23.4 Å². The highest BCUT2D eigenvalue weighted by molar-refractivity contribution is 5.97. The van der Waals surface area contributed by atoms with E-state index in [0.717, 1.165) is 18.4 Å². The van der Waals surface area contributed by atoms with Crippen molar-refractivity contribution in [1.82, 2.24) is 19.8 Å². The number of hydrogen-bond donors (Lipinski definition) is 2. The van der Waals surface area contributed by atoms with Gasteiger partial charge in [0.1, 0.15) is 17.3 Å². The Balaban J connectivity index is 1.61. The molecule has 4 rings (SSSR count). The van der Waals surface area contributed by atoms with E-state index < -0.39 is 5.60 Å². The summed E-state index contributed by atoms with van der Waals surface area (Å²) in [6.07, 6.45) is 8.22. The molecule has 0 unspecified atom stereocenters. The zero-order chi connectivity index (χ0) is 25.7. The first-order chi connectivity index (χ1) is 17.3. The number of carbonyl (C=O) groups excluding carboxylic acids is 1. The zero-order valence-electron chi connectivity index (χ0n) is 21.4. The summed E-state index contributed by atoms with van der Waals surface area (Å²) in [5.41, 5.74) is 1.02. The largest absolute Gasteiger partial charge is 0.472 e. The molecular weight excluding hydrogens is 456 g/mol. The van der Waals surface area contributed by atoms with Crippen LogP contribution in [-0.4, -0.2) is 80.4 Å². The maximum atomic E-state index is 13.6. The first-order valence-corrected chi connectivity index (χ1v) is 12.7. The van der Waals surface area contributed by atoms with Crippen molar-refractivity contribution in [3.8, 4) is 17.7 Å². The maximum absolute atomic E-state index is 13.6. The van der Waals surface area contributed by atoms with Gasteiger partial charge in [0.2, 0.25) is 5.88 Å². The Kier molecular flexibility index (Phi) is 8.24. The van der Waals surface area contributed by atoms with E-state index >= 15 is 0 Å². The summed E-state index contributed by atoms with van der Waals surface area (Å²) in [5, 5.41) is 20.5. The third-order valence-corrected chi connectivity index (χ3v) is 7.06. The summed E-state index contributed by atoms with van der Waals surface area (Å²) in [4.78, 5) is 26.1. The van der Waals surface area contributed by atoms with Gasteiger partial charge < -0.3 is 19.8 Å². The molecule has 0 radical (unpaired) electrons. The van der Waals surface area contributed by atoms with E-state index in [1.165, 1.54) is 0 Å². The van der Waals surface area contributed by atoms with Gasteiger partial charge in [-0.3, -0.25) is 14.7 Å². The molecule has 0 aromatic carbocycles. The number of hydrogen-bond acceptors (Lipinski definition) is 7. The maximum Gasteiger partial charge on any atom is 0.259 e. The number of pyridine rings is 2. The van der Waals surface area contributed by atoms with Gasteiger partial charge in [0.05, 0.1) is 12.6 Å². The van der Waals surface area contributed by atoms with Gasteiger partial charge in [-0.25, -0.2) is 4.98 Å². The van der Waals surface area contributed by atoms with E-state index in [0.29, 0.717) is 43.6 Å². The number of fused-ring (bicyclic) bond motifs is 1. The molecule has 1 fully saturated rings. The molecule has 8 nitrogen and oxygen atoms in total. The van der Waals surface area contributed by atoms with Crippen LogP contribution in [0.3, 0.4) is 0 Å². The van der Waals surface area contributed by atoms with Crippen LogP contribution in [0.4, 0.5) is 0 Å². The van der Waals surface area contributed by atoms with Crippen LogP contribution in [0.1, 0.15) is 61.0 Å². The van der Waals surface area contributed by atoms with Crippen LogP contribution in [0.15, 0.2) is 36.8 Å². The van der Waals surface area contributed by atoms with Crippen molar-refractivity contribution in [2.45, 2.75) is 63.8 Å². The summed E-state index contributed by atoms with van der Waals surface area (Å²) in [6, 6.07) is 5.30. The molecule has 8 heteroatoms. The first-order valence-electron chi connectivity index (χ1n) is 12.7. The Labute approximate surface area is 213 Å². The summed E-state index contributed by atoms with van der Waals surface area (Å²) >= 11 is 0. The summed E-state index contributed by atoms with van der Waals surface area (Å²) in [5.74, 6) is 6.04. The standard InChI is InChI=1S/C28H36N4O4/c1-20-16-32(21(2)19-33)27(34)24-13-22(8-11-28(35)9-4-5-10-28)15-30-26(24)36-25(20)18-31(3)17-23-7-6-12-29-14-23/h6-7,12-15,20-21,25,33,35H,4-5,9-10,16-19H2,1-3H3/t20-,21+,25-/m1/s1. The van der Waals surface area contributed by atoms with E-state index in [1.807, 2.05) is 32.3 Å². The fourth-order valence-electron chi connectivity index (χ4n) is 4.84. The van der Waals surface area contributed by atoms with Crippen LogP contribution >= 0.6 is 0 Å². The molecule has 1 aliphatic carbocycles. The fourth-order valence-corrected chi connectivity index (χ4v) is 4.84. The third-order valence-electron chi connectivity index (χ3n) is 7.06. The Morgan fingerprint density at radius 2 is 2.11 bits per heavy atom. The predicted molar refractivity (Wildman–Crippen MR) is 136 cm³/mol. The average molecular weight is 493 g/mol. The van der Waals surface area contributed by atoms with Gasteiger partial charge in [0.25, 0.3) is 5.91 Å². The number of ether oxygens (including phenoxy) is 1. The van der Waals surface area contributed by atoms with Crippen LogP contribution < -0.4 is 4.74 Å². The lowest BCUT2D eigenvalue weighted by atomic mass is 9.99. The number of carbonyl (C=O) groups is 1. The number of aliphatic hydroxyl groups excluding tert-OH is 1. The number of aliphatic hydroxyl groups is 2. The van der Waals surface area contributed by atoms with Crippen LogP contribution in [-0.2, 0) is 6.54 Å². The van der Waals surface area contributed by atoms with Crippen molar-refractivity contribution in [2.24, 2.45) is 5.92 Å². The van der Waals surface area contributed by atoms with Gasteiger partial charge in [-0.2, -0.15) is 0 Å². The topological polar surface area (TPSA) is 99.0 Å². The van der Waals surface area contributed by atoms with Crippen LogP contribution in [0, 0.1) is 17.8 Å². The molecule has 2 aromatic heterocycles. The molecule has 2 aliphatic rings. The lowest BCUT2D eigenvalue weighted by Gasteiger charge is -2.37. The highest BCUT2D eigenvalue weighted by atomic mass is 16.5. The van der Waals surface area contributed by atoms with Crippen LogP contribution in [0.2, 0.25) is 0 Å². The fraction of sp³-hybridized carbons (Fsp3) is 0.536. The van der Waals surface area contributed by atoms with Gasteiger partial charge in [-0.15, -0.1) is 0 Å². The zero-order valence-corrected chi connectivity index (χ0v) is 21.4. The van der Waals surface area contributed by atoms with E-state index in [-0.39, 0.29) is 36.5 Å². The predicted octanol–water partition coefficient (Wildman–Crippen LogP) is 2.49. The van der Waals surface area contributed by atoms with Crippen molar-refractivity contribution in [3.63, 3.8) is 0 Å². The number of rotatable bonds is 6. The molecule has 2 aromatic rings. The van der Waals surface area contributed by atoms with Gasteiger partial charge in [-0.05, 0) is 57.4 Å². The monoisotopic (exact) mass is 492 g/mol. The second kappa shape index (κ2) is 11.4. The lowest BCUT2D eigenvalue weighted by molar-refractivity contribution is 0.0325. The average Bonchev–Trinajstić information content (AvgIpc) is 3.31. The molecule has 0 saturated heterocycles. The van der Waals surface area contributed by atoms with E-state index in [9.17, 15) is 15.0 Å². The van der Waals surface area contributed by atoms with Crippen LogP contribution in [0.25, 0.3) is 0 Å². The first kappa shape index (κ1) is 26.1. The molecule has 192 valence electrons. The lowest BCUT2D eigenvalue weighted by Crippen LogP contribution is -2.49. The minimum Gasteiger partial charge on any atom is -0.472 e. The SMILES string of the molecule is C[C@@H]1CN([C@@H](C)CO)C(=O)c2cc(C#CC3(O)CCCC3)cnc2O[C@@H]1CN(C)Cc1cccnc1. The Hall–Kier alpha value is -2.99. The van der Waals surface area contributed by atoms with Crippen LogP contribution in [0.5, 0.6) is 5.88 Å². The van der Waals surface area contributed by atoms with Gasteiger partial charge in [0, 0.05) is 49.7 Å². The summed E-state index contributed by atoms with van der Waals surface area (Å²) in [7, 11) is 2.03. The molecular formula is C28H36N4O4. The second-order valence-electron chi connectivity index (χ2n) is 10.2. The number of likely N-dealkylation sites (N-methyl/N-ethyl adjacent to an activating group) is 1. The van der Waals surface area contributed by atoms with Crippen molar-refractivity contribution in [3.05, 3.63) is 53.5 Å². The van der Waals surface area contributed by atoms with Crippen molar-refractivity contribution in [2.75, 3.05) is 26.7 Å². The highest BCUT2D eigenvalue weighted by Gasteiger charge is 2.34. The molecule has 3 heterocycles. The highest BCUT2D eigenvalue weighted by Crippen LogP contribution is 2.30. The van der Waals surface area contributed by atoms with E-state index in [4.69, 9.17) is 4.74 Å². The minimum absolute atomic E-state index is 0.00494. The van der Waals surface area contributed by atoms with Crippen molar-refractivity contribution < 1.29 is 19.7 Å². The van der Waals surface area contributed by atoms with Gasteiger partial charge in [0.15, 0.2) is 0 Å². The molecule has 0 bridgehead atoms. The molecule has 3 atom stereocenters. The Morgan fingerprint density at radius 1 is 1.33 bits per heavy atom. The summed E-state index contributed by atoms with van der Waals surface area (Å²) in [6.45, 7) is 5.54. The Bertz CT molecular complexity index is 1110. The van der Waals surface area contributed by atoms with E-state index in [2.05, 4.69) is 33.6 Å². The molecule has 0 spiro atoms. The summed E-state index contributed by atoms with van der Waals surface area (Å²) < 4.78 is 6.37. The molecule has 1 saturated carbocycles. The number of nitrogens with zero attached hydrogens (tertiary/aromatic N) is 4. The molecule has 1 aliphatic heterocycles. The van der Waals surface area contributed by atoms with Crippen molar-refractivity contribution >= 4 is 5.91 Å².